The van der Waals surface area contributed by atoms with Crippen LogP contribution >= 0.6 is 39.1 Å². The first-order valence-electron chi connectivity index (χ1n) is 8.50. The highest BCUT2D eigenvalue weighted by Gasteiger charge is 2.15. The van der Waals surface area contributed by atoms with Gasteiger partial charge in [0.15, 0.2) is 0 Å². The van der Waals surface area contributed by atoms with Gasteiger partial charge in [-0.1, -0.05) is 57.3 Å². The van der Waals surface area contributed by atoms with E-state index in [0.29, 0.717) is 26.7 Å². The molecule has 0 spiro atoms. The summed E-state index contributed by atoms with van der Waals surface area (Å²) in [4.78, 5) is 25.4. The lowest BCUT2D eigenvalue weighted by Crippen LogP contribution is -2.24. The molecule has 4 nitrogen and oxygen atoms in total. The van der Waals surface area contributed by atoms with Crippen LogP contribution in [0.1, 0.15) is 22.8 Å². The first kappa shape index (κ1) is 20.6. The predicted octanol–water partition coefficient (Wildman–Crippen LogP) is 5.81. The molecule has 0 aliphatic rings. The van der Waals surface area contributed by atoms with Gasteiger partial charge in [0.1, 0.15) is 0 Å². The topological polar surface area (TPSA) is 48.3 Å². The molecular formula is C21H16BrCl2NO3. The Kier molecular flexibility index (Phi) is 6.60. The molecule has 0 N–H and O–H groups in total. The molecule has 3 aromatic rings. The predicted molar refractivity (Wildman–Crippen MR) is 115 cm³/mol. The molecule has 7 heteroatoms. The normalized spacial score (nSPS) is 10.7. The van der Waals surface area contributed by atoms with Crippen LogP contribution in [0.25, 0.3) is 11.1 Å². The molecule has 0 aliphatic carbocycles. The van der Waals surface area contributed by atoms with Gasteiger partial charge < -0.3 is 9.30 Å². The van der Waals surface area contributed by atoms with Crippen molar-refractivity contribution in [1.29, 1.82) is 0 Å². The fourth-order valence-corrected chi connectivity index (χ4v) is 3.48. The summed E-state index contributed by atoms with van der Waals surface area (Å²) < 4.78 is 7.47. The second-order valence-corrected chi connectivity index (χ2v) is 7.80. The minimum Gasteiger partial charge on any atom is -0.462 e. The molecule has 0 bridgehead atoms. The van der Waals surface area contributed by atoms with Crippen LogP contribution in [0.15, 0.2) is 64.0 Å². The fraction of sp³-hybridized carbons (Fsp3) is 0.143. The lowest BCUT2D eigenvalue weighted by atomic mass is 10.1. The zero-order chi connectivity index (χ0) is 20.3. The highest BCUT2D eigenvalue weighted by atomic mass is 79.9. The van der Waals surface area contributed by atoms with Crippen molar-refractivity contribution in [2.75, 3.05) is 6.61 Å². The number of esters is 1. The summed E-state index contributed by atoms with van der Waals surface area (Å²) in [6.45, 7) is 2.18. The number of carbonyl (C=O) groups is 1. The number of nitrogens with zero attached hydrogens (tertiary/aromatic N) is 1. The zero-order valence-corrected chi connectivity index (χ0v) is 18.0. The molecule has 1 heterocycles. The highest BCUT2D eigenvalue weighted by molar-refractivity contribution is 9.10. The maximum atomic E-state index is 13.1. The number of aromatic nitrogens is 1. The Morgan fingerprint density at radius 2 is 1.82 bits per heavy atom. The summed E-state index contributed by atoms with van der Waals surface area (Å²) >= 11 is 15.6. The Labute approximate surface area is 180 Å². The van der Waals surface area contributed by atoms with Crippen molar-refractivity contribution in [3.05, 3.63) is 90.7 Å². The van der Waals surface area contributed by atoms with Gasteiger partial charge in [0, 0.05) is 26.3 Å². The molecule has 0 radical (unpaired) electrons. The Bertz CT molecular complexity index is 1080. The van der Waals surface area contributed by atoms with E-state index in [-0.39, 0.29) is 18.7 Å². The molecule has 3 rings (SSSR count). The maximum Gasteiger partial charge on any atom is 0.339 e. The third-order valence-corrected chi connectivity index (χ3v) is 5.22. The number of pyridine rings is 1. The Morgan fingerprint density at radius 1 is 1.11 bits per heavy atom. The molecule has 0 unspecified atom stereocenters. The van der Waals surface area contributed by atoms with E-state index in [1.807, 2.05) is 24.3 Å². The van der Waals surface area contributed by atoms with Gasteiger partial charge in [-0.2, -0.15) is 0 Å². The standard InChI is InChI=1S/C21H16BrCl2NO3/c1-2-28-21(27)15-9-18(13-3-6-16(22)7-4-13)20(26)25(12-15)11-14-5-8-17(23)10-19(14)24/h3-10,12H,2,11H2,1H3. The van der Waals surface area contributed by atoms with Crippen molar-refractivity contribution in [2.45, 2.75) is 13.5 Å². The van der Waals surface area contributed by atoms with Gasteiger partial charge in [-0.05, 0) is 48.4 Å². The summed E-state index contributed by atoms with van der Waals surface area (Å²) in [6.07, 6.45) is 1.49. The number of rotatable bonds is 5. The number of benzene rings is 2. The van der Waals surface area contributed by atoms with Gasteiger partial charge in [0.05, 0.1) is 18.7 Å². The van der Waals surface area contributed by atoms with E-state index >= 15 is 0 Å². The number of hydrogen-bond donors (Lipinski definition) is 0. The van der Waals surface area contributed by atoms with Crippen LogP contribution in [-0.4, -0.2) is 17.1 Å². The van der Waals surface area contributed by atoms with Gasteiger partial charge in [-0.25, -0.2) is 4.79 Å². The molecule has 1 aromatic heterocycles. The summed E-state index contributed by atoms with van der Waals surface area (Å²) in [5.41, 5.74) is 1.89. The van der Waals surface area contributed by atoms with Crippen molar-refractivity contribution in [3.8, 4) is 11.1 Å². The van der Waals surface area contributed by atoms with Crippen molar-refractivity contribution in [1.82, 2.24) is 4.57 Å². The monoisotopic (exact) mass is 479 g/mol. The second kappa shape index (κ2) is 8.95. The Morgan fingerprint density at radius 3 is 2.46 bits per heavy atom. The van der Waals surface area contributed by atoms with E-state index in [2.05, 4.69) is 15.9 Å². The number of carbonyl (C=O) groups excluding carboxylic acids is 1. The lowest BCUT2D eigenvalue weighted by molar-refractivity contribution is 0.0525. The van der Waals surface area contributed by atoms with E-state index in [1.54, 1.807) is 31.2 Å². The van der Waals surface area contributed by atoms with Crippen molar-refractivity contribution in [3.63, 3.8) is 0 Å². The molecule has 0 amide bonds. The van der Waals surface area contributed by atoms with Crippen LogP contribution < -0.4 is 5.56 Å². The second-order valence-electron chi connectivity index (χ2n) is 6.04. The third-order valence-electron chi connectivity index (χ3n) is 4.11. The first-order chi connectivity index (χ1) is 13.4. The van der Waals surface area contributed by atoms with Crippen molar-refractivity contribution < 1.29 is 9.53 Å². The van der Waals surface area contributed by atoms with Gasteiger partial charge in [-0.15, -0.1) is 0 Å². The van der Waals surface area contributed by atoms with E-state index in [9.17, 15) is 9.59 Å². The van der Waals surface area contributed by atoms with Crippen LogP contribution in [0.2, 0.25) is 10.0 Å². The fourth-order valence-electron chi connectivity index (χ4n) is 2.75. The van der Waals surface area contributed by atoms with Crippen molar-refractivity contribution >= 4 is 45.1 Å². The zero-order valence-electron chi connectivity index (χ0n) is 14.9. The molecule has 2 aromatic carbocycles. The van der Waals surface area contributed by atoms with E-state index in [4.69, 9.17) is 27.9 Å². The summed E-state index contributed by atoms with van der Waals surface area (Å²) in [5, 5.41) is 0.961. The SMILES string of the molecule is CCOC(=O)c1cc(-c2ccc(Br)cc2)c(=O)n(Cc2ccc(Cl)cc2Cl)c1. The minimum atomic E-state index is -0.489. The largest absolute Gasteiger partial charge is 0.462 e. The molecule has 144 valence electrons. The van der Waals surface area contributed by atoms with Gasteiger partial charge >= 0.3 is 5.97 Å². The lowest BCUT2D eigenvalue weighted by Gasteiger charge is -2.13. The molecule has 0 aliphatic heterocycles. The molecule has 0 fully saturated rings. The highest BCUT2D eigenvalue weighted by Crippen LogP contribution is 2.23. The Hall–Kier alpha value is -2.08. The molecule has 0 saturated heterocycles. The minimum absolute atomic E-state index is 0.200. The summed E-state index contributed by atoms with van der Waals surface area (Å²) in [7, 11) is 0. The smallest absolute Gasteiger partial charge is 0.339 e. The molecule has 28 heavy (non-hydrogen) atoms. The van der Waals surface area contributed by atoms with E-state index in [0.717, 1.165) is 10.0 Å². The molecular weight excluding hydrogens is 465 g/mol. The average molecular weight is 481 g/mol. The van der Waals surface area contributed by atoms with Gasteiger partial charge in [0.25, 0.3) is 5.56 Å². The van der Waals surface area contributed by atoms with E-state index < -0.39 is 5.97 Å². The number of halogens is 3. The van der Waals surface area contributed by atoms with Crippen LogP contribution in [-0.2, 0) is 11.3 Å². The van der Waals surface area contributed by atoms with Gasteiger partial charge in [-0.3, -0.25) is 4.79 Å². The van der Waals surface area contributed by atoms with Crippen LogP contribution in [0, 0.1) is 0 Å². The van der Waals surface area contributed by atoms with Crippen LogP contribution in [0.4, 0.5) is 0 Å². The summed E-state index contributed by atoms with van der Waals surface area (Å²) in [6, 6.07) is 14.0. The van der Waals surface area contributed by atoms with Crippen LogP contribution in [0.5, 0.6) is 0 Å². The Balaban J connectivity index is 2.13. The van der Waals surface area contributed by atoms with Crippen molar-refractivity contribution in [2.24, 2.45) is 0 Å². The first-order valence-corrected chi connectivity index (χ1v) is 10.1. The quantitative estimate of drug-likeness (QED) is 0.433. The third kappa shape index (κ3) is 4.66. The number of hydrogen-bond acceptors (Lipinski definition) is 3. The molecule has 0 atom stereocenters. The van der Waals surface area contributed by atoms with Crippen LogP contribution in [0.3, 0.4) is 0 Å². The average Bonchev–Trinajstić information content (AvgIpc) is 2.66. The number of ether oxygens (including phenoxy) is 1. The van der Waals surface area contributed by atoms with Gasteiger partial charge in [0.2, 0.25) is 0 Å². The van der Waals surface area contributed by atoms with E-state index in [1.165, 1.54) is 10.8 Å². The molecule has 0 saturated carbocycles. The maximum absolute atomic E-state index is 13.1. The summed E-state index contributed by atoms with van der Waals surface area (Å²) in [5.74, 6) is -0.489.